The van der Waals surface area contributed by atoms with Gasteiger partial charge in [0.15, 0.2) is 0 Å². The summed E-state index contributed by atoms with van der Waals surface area (Å²) in [6.45, 7) is 16.6. The molecule has 36 heavy (non-hydrogen) atoms. The van der Waals surface area contributed by atoms with Crippen molar-refractivity contribution in [3.05, 3.63) is 23.2 Å². The maximum atomic E-state index is 10.5. The molecule has 0 spiro atoms. The summed E-state index contributed by atoms with van der Waals surface area (Å²) < 4.78 is 13.5. The Balaban J connectivity index is 0.938. The lowest BCUT2D eigenvalue weighted by atomic mass is 9.70. The number of fused-ring (bicyclic) bond motifs is 3. The molecule has 6 nitrogen and oxygen atoms in total. The van der Waals surface area contributed by atoms with Gasteiger partial charge in [-0.15, -0.1) is 11.3 Å². The van der Waals surface area contributed by atoms with Crippen molar-refractivity contribution in [3.8, 4) is 5.75 Å². The molecule has 2 aromatic rings. The quantitative estimate of drug-likeness (QED) is 0.426. The van der Waals surface area contributed by atoms with E-state index in [0.29, 0.717) is 30.1 Å². The van der Waals surface area contributed by atoms with E-state index >= 15 is 0 Å². The topological polar surface area (TPSA) is 58.1 Å². The molecule has 0 radical (unpaired) electrons. The summed E-state index contributed by atoms with van der Waals surface area (Å²) in [5.41, 5.74) is 1.78. The minimum atomic E-state index is -0.487. The molecule has 1 N–H and O–H groups in total. The van der Waals surface area contributed by atoms with Gasteiger partial charge < -0.3 is 19.5 Å². The molecule has 4 atom stereocenters. The fraction of sp³-hybridized carbons (Fsp3) is 0.759. The van der Waals surface area contributed by atoms with Crippen LogP contribution < -0.4 is 4.74 Å². The number of hydrogen-bond acceptors (Lipinski definition) is 7. The minimum absolute atomic E-state index is 0.312. The van der Waals surface area contributed by atoms with Crippen molar-refractivity contribution in [1.82, 2.24) is 14.8 Å². The monoisotopic (exact) mass is 515 g/mol. The van der Waals surface area contributed by atoms with E-state index in [1.165, 1.54) is 30.4 Å². The fourth-order valence-corrected chi connectivity index (χ4v) is 7.70. The highest BCUT2D eigenvalue weighted by Gasteiger charge is 2.61. The Hall–Kier alpha value is -1.25. The van der Waals surface area contributed by atoms with E-state index in [9.17, 15) is 5.11 Å². The van der Waals surface area contributed by atoms with Crippen LogP contribution in [-0.4, -0.2) is 84.6 Å². The van der Waals surface area contributed by atoms with Crippen molar-refractivity contribution in [3.63, 3.8) is 0 Å². The van der Waals surface area contributed by atoms with E-state index in [-0.39, 0.29) is 0 Å². The molecule has 7 heteroatoms. The minimum Gasteiger partial charge on any atom is -0.491 e. The van der Waals surface area contributed by atoms with Gasteiger partial charge in [0.05, 0.1) is 21.3 Å². The summed E-state index contributed by atoms with van der Waals surface area (Å²) in [6.07, 6.45) is 6.33. The summed E-state index contributed by atoms with van der Waals surface area (Å²) >= 11 is 1.69. The lowest BCUT2D eigenvalue weighted by Gasteiger charge is -2.39. The first-order valence-electron chi connectivity index (χ1n) is 14.0. The molecule has 0 amide bonds. The van der Waals surface area contributed by atoms with E-state index in [1.54, 1.807) is 11.3 Å². The number of aliphatic hydroxyl groups excluding tert-OH is 1. The average molecular weight is 516 g/mol. The summed E-state index contributed by atoms with van der Waals surface area (Å²) in [4.78, 5) is 9.44. The molecule has 1 saturated heterocycles. The van der Waals surface area contributed by atoms with Gasteiger partial charge in [0.25, 0.3) is 0 Å². The molecule has 200 valence electrons. The summed E-state index contributed by atoms with van der Waals surface area (Å²) in [7, 11) is 0. The summed E-state index contributed by atoms with van der Waals surface area (Å²) in [5.74, 6) is 1.63. The second kappa shape index (κ2) is 10.9. The zero-order chi connectivity index (χ0) is 25.3. The van der Waals surface area contributed by atoms with Crippen molar-refractivity contribution in [2.45, 2.75) is 72.0 Å². The predicted molar refractivity (Wildman–Crippen MR) is 147 cm³/mol. The van der Waals surface area contributed by atoms with Crippen LogP contribution in [0.4, 0.5) is 0 Å². The molecule has 2 bridgehead atoms. The largest absolute Gasteiger partial charge is 0.491 e. The van der Waals surface area contributed by atoms with Gasteiger partial charge in [-0.25, -0.2) is 4.98 Å². The number of aryl methyl sites for hydroxylation is 1. The smallest absolute Gasteiger partial charge is 0.121 e. The Kier molecular flexibility index (Phi) is 7.95. The van der Waals surface area contributed by atoms with Crippen molar-refractivity contribution < 1.29 is 14.6 Å². The number of aromatic nitrogens is 1. The molecule has 2 saturated carbocycles. The third kappa shape index (κ3) is 5.46. The molecule has 2 heterocycles. The number of β-amino-alcohol motifs (C(OH)–C–C–N with tert-alkyl or cyclic N) is 1. The van der Waals surface area contributed by atoms with Gasteiger partial charge in [-0.1, -0.05) is 20.8 Å². The lowest BCUT2D eigenvalue weighted by molar-refractivity contribution is -0.0479. The second-order valence-electron chi connectivity index (χ2n) is 12.1. The number of nitrogens with zero attached hydrogens (tertiary/aromatic N) is 3. The van der Waals surface area contributed by atoms with Crippen LogP contribution in [0, 0.1) is 23.7 Å². The maximum Gasteiger partial charge on any atom is 0.121 e. The van der Waals surface area contributed by atoms with Gasteiger partial charge in [-0.05, 0) is 74.5 Å². The SMILES string of the molecule is Cc1nc2cc(OC[C@H](O)CN3CCN(CCCCOC4CC5CCC4(C)C5(C)C)CC3)ccc2s1. The molecular formula is C29H45N3O3S. The fourth-order valence-electron chi connectivity index (χ4n) is 6.90. The molecule has 3 fully saturated rings. The van der Waals surface area contributed by atoms with E-state index in [2.05, 4.69) is 35.6 Å². The zero-order valence-electron chi connectivity index (χ0n) is 22.7. The van der Waals surface area contributed by atoms with E-state index in [1.807, 2.05) is 25.1 Å². The normalized spacial score (nSPS) is 29.2. The molecule has 1 aliphatic heterocycles. The molecular weight excluding hydrogens is 470 g/mol. The third-order valence-corrected chi connectivity index (χ3v) is 10.7. The predicted octanol–water partition coefficient (Wildman–Crippen LogP) is 4.97. The Morgan fingerprint density at radius 1 is 1.14 bits per heavy atom. The highest BCUT2D eigenvalue weighted by molar-refractivity contribution is 7.18. The van der Waals surface area contributed by atoms with Crippen molar-refractivity contribution in [2.24, 2.45) is 16.7 Å². The van der Waals surface area contributed by atoms with Crippen LogP contribution in [0.3, 0.4) is 0 Å². The van der Waals surface area contributed by atoms with E-state index in [0.717, 1.165) is 67.9 Å². The zero-order valence-corrected chi connectivity index (χ0v) is 23.5. The van der Waals surface area contributed by atoms with Gasteiger partial charge in [0, 0.05) is 45.4 Å². The summed E-state index contributed by atoms with van der Waals surface area (Å²) in [5, 5.41) is 11.6. The third-order valence-electron chi connectivity index (χ3n) is 9.74. The second-order valence-corrected chi connectivity index (χ2v) is 13.4. The molecule has 2 aliphatic carbocycles. The van der Waals surface area contributed by atoms with Crippen LogP contribution in [0.25, 0.3) is 10.2 Å². The molecule has 5 rings (SSSR count). The van der Waals surface area contributed by atoms with Crippen molar-refractivity contribution in [2.75, 3.05) is 52.5 Å². The van der Waals surface area contributed by atoms with Gasteiger partial charge in [-0.2, -0.15) is 0 Å². The van der Waals surface area contributed by atoms with E-state index < -0.39 is 6.10 Å². The van der Waals surface area contributed by atoms with Crippen LogP contribution >= 0.6 is 11.3 Å². The number of piperazine rings is 1. The van der Waals surface area contributed by atoms with Crippen LogP contribution in [0.1, 0.15) is 57.9 Å². The number of unbranched alkanes of at least 4 members (excludes halogenated alkanes) is 1. The Bertz CT molecular complexity index is 1020. The number of aliphatic hydroxyl groups is 1. The lowest BCUT2D eigenvalue weighted by Crippen LogP contribution is -2.49. The Morgan fingerprint density at radius 2 is 1.92 bits per heavy atom. The number of ether oxygens (including phenoxy) is 2. The number of hydrogen-bond donors (Lipinski definition) is 1. The van der Waals surface area contributed by atoms with Crippen LogP contribution in [0.2, 0.25) is 0 Å². The number of thiazole rings is 1. The van der Waals surface area contributed by atoms with Gasteiger partial charge >= 0.3 is 0 Å². The van der Waals surface area contributed by atoms with Crippen LogP contribution in [0.15, 0.2) is 18.2 Å². The number of benzene rings is 1. The van der Waals surface area contributed by atoms with E-state index in [4.69, 9.17) is 9.47 Å². The first-order valence-corrected chi connectivity index (χ1v) is 14.8. The van der Waals surface area contributed by atoms with Crippen molar-refractivity contribution in [1.29, 1.82) is 0 Å². The highest BCUT2D eigenvalue weighted by Crippen LogP contribution is 2.66. The summed E-state index contributed by atoms with van der Waals surface area (Å²) in [6, 6.07) is 5.98. The van der Waals surface area contributed by atoms with Gasteiger partial charge in [-0.3, -0.25) is 4.90 Å². The molecule has 1 aromatic carbocycles. The standard InChI is InChI=1S/C29H45N3O3S/c1-21-30-25-18-24(7-8-26(25)36-21)35-20-23(33)19-32-14-12-31(13-15-32)11-5-6-16-34-27-17-22-9-10-29(27,4)28(22,2)3/h7-8,18,22-23,27,33H,5-6,9-17,19-20H2,1-4H3/t22?,23-,27?,29?/m1/s1. The number of rotatable bonds is 11. The molecule has 3 aliphatic rings. The van der Waals surface area contributed by atoms with Gasteiger partial charge in [0.2, 0.25) is 0 Å². The highest BCUT2D eigenvalue weighted by atomic mass is 32.1. The Morgan fingerprint density at radius 3 is 2.64 bits per heavy atom. The Labute approximate surface area is 221 Å². The van der Waals surface area contributed by atoms with Crippen LogP contribution in [-0.2, 0) is 4.74 Å². The maximum absolute atomic E-state index is 10.5. The van der Waals surface area contributed by atoms with Crippen molar-refractivity contribution >= 4 is 21.6 Å². The first kappa shape index (κ1) is 26.4. The van der Waals surface area contributed by atoms with Gasteiger partial charge in [0.1, 0.15) is 18.5 Å². The molecule has 3 unspecified atom stereocenters. The molecule has 1 aromatic heterocycles. The van der Waals surface area contributed by atoms with Crippen LogP contribution in [0.5, 0.6) is 5.75 Å². The average Bonchev–Trinajstić information content (AvgIpc) is 3.39. The first-order chi connectivity index (χ1) is 17.2.